The molecular weight excluding hydrogens is 249 g/mol. The van der Waals surface area contributed by atoms with Gasteiger partial charge in [-0.15, -0.1) is 5.10 Å². The van der Waals surface area contributed by atoms with Gasteiger partial charge >= 0.3 is 0 Å². The summed E-state index contributed by atoms with van der Waals surface area (Å²) >= 11 is 11.8. The fourth-order valence-electron chi connectivity index (χ4n) is 1.32. The number of benzene rings is 1. The van der Waals surface area contributed by atoms with E-state index in [0.717, 1.165) is 0 Å². The minimum atomic E-state index is -0.271. The van der Waals surface area contributed by atoms with Crippen molar-refractivity contribution in [2.24, 2.45) is 5.73 Å². The van der Waals surface area contributed by atoms with Gasteiger partial charge in [-0.05, 0) is 35.5 Å². The molecular formula is C9H9Cl2N5. The Bertz CT molecular complexity index is 488. The lowest BCUT2D eigenvalue weighted by molar-refractivity contribution is 0.688. The summed E-state index contributed by atoms with van der Waals surface area (Å²) in [7, 11) is 0. The number of nitrogens with zero attached hydrogens (tertiary/aromatic N) is 4. The maximum atomic E-state index is 5.90. The molecule has 1 unspecified atom stereocenters. The van der Waals surface area contributed by atoms with Crippen molar-refractivity contribution in [2.45, 2.75) is 13.0 Å². The second-order valence-corrected chi connectivity index (χ2v) is 4.24. The molecule has 0 aliphatic carbocycles. The Kier molecular flexibility index (Phi) is 3.09. The van der Waals surface area contributed by atoms with E-state index in [4.69, 9.17) is 28.9 Å². The van der Waals surface area contributed by atoms with E-state index in [9.17, 15) is 0 Å². The highest BCUT2D eigenvalue weighted by atomic mass is 35.5. The van der Waals surface area contributed by atoms with Crippen molar-refractivity contribution in [3.05, 3.63) is 34.1 Å². The normalized spacial score (nSPS) is 12.8. The predicted molar refractivity (Wildman–Crippen MR) is 61.8 cm³/mol. The van der Waals surface area contributed by atoms with Crippen molar-refractivity contribution < 1.29 is 0 Å². The van der Waals surface area contributed by atoms with Gasteiger partial charge in [-0.3, -0.25) is 0 Å². The molecule has 1 heterocycles. The fourth-order valence-corrected chi connectivity index (χ4v) is 1.84. The summed E-state index contributed by atoms with van der Waals surface area (Å²) in [6.45, 7) is 1.80. The van der Waals surface area contributed by atoms with Gasteiger partial charge in [0.1, 0.15) is 0 Å². The molecule has 0 spiro atoms. The van der Waals surface area contributed by atoms with E-state index in [-0.39, 0.29) is 6.04 Å². The number of hydrogen-bond donors (Lipinski definition) is 1. The van der Waals surface area contributed by atoms with Crippen molar-refractivity contribution in [3.63, 3.8) is 0 Å². The maximum absolute atomic E-state index is 5.90. The first kappa shape index (κ1) is 11.3. The number of aromatic nitrogens is 4. The number of nitrogens with two attached hydrogens (primary N) is 1. The van der Waals surface area contributed by atoms with E-state index < -0.39 is 0 Å². The van der Waals surface area contributed by atoms with Gasteiger partial charge in [0.25, 0.3) is 0 Å². The minimum absolute atomic E-state index is 0.271. The summed E-state index contributed by atoms with van der Waals surface area (Å²) in [4.78, 5) is 0. The van der Waals surface area contributed by atoms with Crippen LogP contribution in [0.3, 0.4) is 0 Å². The summed E-state index contributed by atoms with van der Waals surface area (Å²) in [5.41, 5.74) is 6.43. The molecule has 2 aromatic rings. The molecule has 5 nitrogen and oxygen atoms in total. The number of tetrazole rings is 1. The van der Waals surface area contributed by atoms with Crippen LogP contribution in [0.2, 0.25) is 10.0 Å². The fraction of sp³-hybridized carbons (Fsp3) is 0.222. The maximum Gasteiger partial charge on any atom is 0.173 e. The third-order valence-corrected chi connectivity index (χ3v) is 2.43. The Hall–Kier alpha value is -1.17. The second-order valence-electron chi connectivity index (χ2n) is 3.37. The largest absolute Gasteiger partial charge is 0.321 e. The van der Waals surface area contributed by atoms with E-state index in [2.05, 4.69) is 15.5 Å². The van der Waals surface area contributed by atoms with E-state index >= 15 is 0 Å². The molecule has 2 N–H and O–H groups in total. The molecule has 1 aromatic heterocycles. The highest BCUT2D eigenvalue weighted by molar-refractivity contribution is 6.34. The molecule has 0 radical (unpaired) electrons. The predicted octanol–water partition coefficient (Wildman–Crippen LogP) is 1.99. The van der Waals surface area contributed by atoms with E-state index in [1.165, 1.54) is 4.68 Å². The first-order valence-electron chi connectivity index (χ1n) is 4.58. The first-order valence-corrected chi connectivity index (χ1v) is 5.34. The molecule has 0 fully saturated rings. The van der Waals surface area contributed by atoms with Crippen LogP contribution in [0.5, 0.6) is 0 Å². The van der Waals surface area contributed by atoms with E-state index in [1.54, 1.807) is 25.1 Å². The van der Waals surface area contributed by atoms with Gasteiger partial charge < -0.3 is 5.73 Å². The lowest BCUT2D eigenvalue weighted by atomic mass is 10.3. The molecule has 0 saturated carbocycles. The summed E-state index contributed by atoms with van der Waals surface area (Å²) in [5.74, 6) is 0.554. The standard InChI is InChI=1S/C9H9Cl2N5/c1-5(12)9-13-14-15-16(9)8-3-6(10)2-7(11)4-8/h2-5H,12H2,1H3. The SMILES string of the molecule is CC(N)c1nnnn1-c1cc(Cl)cc(Cl)c1. The van der Waals surface area contributed by atoms with Crippen molar-refractivity contribution in [2.75, 3.05) is 0 Å². The molecule has 2 rings (SSSR count). The van der Waals surface area contributed by atoms with Crippen LogP contribution < -0.4 is 5.73 Å². The van der Waals surface area contributed by atoms with Crippen LogP contribution in [-0.2, 0) is 0 Å². The van der Waals surface area contributed by atoms with Gasteiger partial charge in [-0.2, -0.15) is 4.68 Å². The van der Waals surface area contributed by atoms with Crippen LogP contribution in [-0.4, -0.2) is 20.2 Å². The molecule has 7 heteroatoms. The second kappa shape index (κ2) is 4.37. The van der Waals surface area contributed by atoms with Crippen LogP contribution in [0.15, 0.2) is 18.2 Å². The Balaban J connectivity index is 2.54. The lowest BCUT2D eigenvalue weighted by Gasteiger charge is -2.07. The number of rotatable bonds is 2. The molecule has 0 saturated heterocycles. The monoisotopic (exact) mass is 257 g/mol. The summed E-state index contributed by atoms with van der Waals surface area (Å²) in [5, 5.41) is 12.3. The van der Waals surface area contributed by atoms with Crippen molar-refractivity contribution in [1.29, 1.82) is 0 Å². The number of hydrogen-bond acceptors (Lipinski definition) is 4. The zero-order chi connectivity index (χ0) is 11.7. The van der Waals surface area contributed by atoms with Crippen LogP contribution in [0.4, 0.5) is 0 Å². The van der Waals surface area contributed by atoms with Crippen molar-refractivity contribution in [3.8, 4) is 5.69 Å². The summed E-state index contributed by atoms with van der Waals surface area (Å²) < 4.78 is 1.52. The van der Waals surface area contributed by atoms with E-state index in [0.29, 0.717) is 21.6 Å². The summed E-state index contributed by atoms with van der Waals surface area (Å²) in [6.07, 6.45) is 0. The highest BCUT2D eigenvalue weighted by Crippen LogP contribution is 2.22. The van der Waals surface area contributed by atoms with Gasteiger partial charge in [0.2, 0.25) is 0 Å². The molecule has 16 heavy (non-hydrogen) atoms. The topological polar surface area (TPSA) is 69.6 Å². The van der Waals surface area contributed by atoms with Gasteiger partial charge in [-0.25, -0.2) is 0 Å². The van der Waals surface area contributed by atoms with Gasteiger partial charge in [0.15, 0.2) is 5.82 Å². The molecule has 0 bridgehead atoms. The van der Waals surface area contributed by atoms with Gasteiger partial charge in [0, 0.05) is 10.0 Å². The zero-order valence-electron chi connectivity index (χ0n) is 8.43. The summed E-state index contributed by atoms with van der Waals surface area (Å²) in [6, 6.07) is 4.81. The molecule has 84 valence electrons. The Morgan fingerprint density at radius 2 is 1.88 bits per heavy atom. The van der Waals surface area contributed by atoms with Gasteiger partial charge in [-0.1, -0.05) is 23.2 Å². The minimum Gasteiger partial charge on any atom is -0.321 e. The quantitative estimate of drug-likeness (QED) is 0.894. The zero-order valence-corrected chi connectivity index (χ0v) is 9.94. The Morgan fingerprint density at radius 1 is 1.25 bits per heavy atom. The van der Waals surface area contributed by atoms with Crippen LogP contribution >= 0.6 is 23.2 Å². The molecule has 0 aliphatic rings. The van der Waals surface area contributed by atoms with Crippen LogP contribution in [0.1, 0.15) is 18.8 Å². The molecule has 1 atom stereocenters. The average Bonchev–Trinajstić information content (AvgIpc) is 2.63. The van der Waals surface area contributed by atoms with Gasteiger partial charge in [0.05, 0.1) is 11.7 Å². The molecule has 0 aliphatic heterocycles. The average molecular weight is 258 g/mol. The third kappa shape index (κ3) is 2.16. The molecule has 0 amide bonds. The van der Waals surface area contributed by atoms with E-state index in [1.807, 2.05) is 0 Å². The lowest BCUT2D eigenvalue weighted by Crippen LogP contribution is -2.13. The van der Waals surface area contributed by atoms with Crippen LogP contribution in [0, 0.1) is 0 Å². The van der Waals surface area contributed by atoms with Crippen molar-refractivity contribution >= 4 is 23.2 Å². The smallest absolute Gasteiger partial charge is 0.173 e. The van der Waals surface area contributed by atoms with Crippen molar-refractivity contribution in [1.82, 2.24) is 20.2 Å². The molecule has 1 aromatic carbocycles. The Labute approximate surface area is 102 Å². The highest BCUT2D eigenvalue weighted by Gasteiger charge is 2.12. The first-order chi connectivity index (χ1) is 7.58. The van der Waals surface area contributed by atoms with Crippen LogP contribution in [0.25, 0.3) is 5.69 Å². The Morgan fingerprint density at radius 3 is 2.44 bits per heavy atom. The third-order valence-electron chi connectivity index (χ3n) is 1.99. The number of halogens is 2.